The number of hydrogen-bond donors (Lipinski definition) is 1. The van der Waals surface area contributed by atoms with Crippen LogP contribution in [0.15, 0.2) is 77.7 Å². The Kier molecular flexibility index (Phi) is 5.53. The summed E-state index contributed by atoms with van der Waals surface area (Å²) in [5.74, 6) is 1.95. The normalized spacial score (nSPS) is 15.1. The molecule has 4 nitrogen and oxygen atoms in total. The molecule has 0 spiro atoms. The van der Waals surface area contributed by atoms with Gasteiger partial charge in [-0.2, -0.15) is 0 Å². The lowest BCUT2D eigenvalue weighted by atomic mass is 10.1. The number of hydrogen-bond acceptors (Lipinski definition) is 4. The Hall–Kier alpha value is -2.92. The minimum absolute atomic E-state index is 0.202. The number of para-hydroxylation sites is 2. The van der Waals surface area contributed by atoms with E-state index in [2.05, 4.69) is 23.5 Å². The summed E-state index contributed by atoms with van der Waals surface area (Å²) in [6.07, 6.45) is -0.664. The SMILES string of the molecule is Cc1cc(CSc2ccccc2)ccc1NC(=O)[C@H]1COc2ccccc2O1. The molecule has 142 valence electrons. The number of benzene rings is 3. The zero-order chi connectivity index (χ0) is 19.3. The minimum Gasteiger partial charge on any atom is -0.485 e. The molecule has 1 amide bonds. The molecule has 28 heavy (non-hydrogen) atoms. The van der Waals surface area contributed by atoms with Gasteiger partial charge in [0.1, 0.15) is 6.61 Å². The van der Waals surface area contributed by atoms with Crippen LogP contribution >= 0.6 is 11.8 Å². The number of thioether (sulfide) groups is 1. The second kappa shape index (κ2) is 8.40. The van der Waals surface area contributed by atoms with E-state index in [0.29, 0.717) is 11.5 Å². The van der Waals surface area contributed by atoms with E-state index in [1.165, 1.54) is 10.5 Å². The van der Waals surface area contributed by atoms with Crippen LogP contribution in [0.1, 0.15) is 11.1 Å². The van der Waals surface area contributed by atoms with Crippen molar-refractivity contribution < 1.29 is 14.3 Å². The summed E-state index contributed by atoms with van der Waals surface area (Å²) in [4.78, 5) is 13.8. The van der Waals surface area contributed by atoms with Crippen LogP contribution in [-0.2, 0) is 10.5 Å². The molecule has 1 heterocycles. The third-order valence-corrected chi connectivity index (χ3v) is 5.58. The van der Waals surface area contributed by atoms with Gasteiger partial charge < -0.3 is 14.8 Å². The van der Waals surface area contributed by atoms with Crippen LogP contribution in [0.25, 0.3) is 0 Å². The average molecular weight is 391 g/mol. The Balaban J connectivity index is 1.37. The van der Waals surface area contributed by atoms with E-state index in [1.54, 1.807) is 17.8 Å². The molecule has 0 aromatic heterocycles. The van der Waals surface area contributed by atoms with Crippen molar-refractivity contribution in [2.24, 2.45) is 0 Å². The third-order valence-electron chi connectivity index (χ3n) is 4.50. The molecule has 0 radical (unpaired) electrons. The Bertz CT molecular complexity index is 975. The summed E-state index contributed by atoms with van der Waals surface area (Å²) in [5, 5.41) is 2.96. The summed E-state index contributed by atoms with van der Waals surface area (Å²) in [6, 6.07) is 23.8. The number of fused-ring (bicyclic) bond motifs is 1. The Morgan fingerprint density at radius 3 is 2.57 bits per heavy atom. The summed E-state index contributed by atoms with van der Waals surface area (Å²) in [7, 11) is 0. The van der Waals surface area contributed by atoms with Gasteiger partial charge in [-0.3, -0.25) is 4.79 Å². The molecule has 1 aliphatic heterocycles. The monoisotopic (exact) mass is 391 g/mol. The molecule has 0 fully saturated rings. The molecule has 1 aliphatic rings. The molecule has 0 unspecified atom stereocenters. The zero-order valence-corrected chi connectivity index (χ0v) is 16.4. The van der Waals surface area contributed by atoms with Crippen molar-refractivity contribution in [2.75, 3.05) is 11.9 Å². The van der Waals surface area contributed by atoms with Crippen LogP contribution in [-0.4, -0.2) is 18.6 Å². The van der Waals surface area contributed by atoms with Crippen molar-refractivity contribution in [3.63, 3.8) is 0 Å². The highest BCUT2D eigenvalue weighted by Crippen LogP contribution is 2.31. The van der Waals surface area contributed by atoms with E-state index in [-0.39, 0.29) is 12.5 Å². The topological polar surface area (TPSA) is 47.6 Å². The van der Waals surface area contributed by atoms with Crippen molar-refractivity contribution in [2.45, 2.75) is 23.7 Å². The minimum atomic E-state index is -0.664. The van der Waals surface area contributed by atoms with Crippen LogP contribution in [0.2, 0.25) is 0 Å². The van der Waals surface area contributed by atoms with E-state index in [1.807, 2.05) is 55.5 Å². The van der Waals surface area contributed by atoms with Gasteiger partial charge in [0.2, 0.25) is 6.10 Å². The number of aryl methyl sites for hydroxylation is 1. The van der Waals surface area contributed by atoms with Crippen molar-refractivity contribution >= 4 is 23.4 Å². The highest BCUT2D eigenvalue weighted by Gasteiger charge is 2.27. The molecule has 1 N–H and O–H groups in total. The fraction of sp³-hybridized carbons (Fsp3) is 0.174. The standard InChI is InChI=1S/C23H21NO3S/c1-16-13-17(15-28-18-7-3-2-4-8-18)11-12-19(16)24-23(25)22-14-26-20-9-5-6-10-21(20)27-22/h2-13,22H,14-15H2,1H3,(H,24,25)/t22-/m1/s1. The number of anilines is 1. The number of rotatable bonds is 5. The van der Waals surface area contributed by atoms with Crippen LogP contribution in [0, 0.1) is 6.92 Å². The van der Waals surface area contributed by atoms with Gasteiger partial charge in [0.25, 0.3) is 5.91 Å². The number of ether oxygens (including phenoxy) is 2. The van der Waals surface area contributed by atoms with Crippen molar-refractivity contribution in [1.29, 1.82) is 0 Å². The number of carbonyl (C=O) groups is 1. The molecule has 3 aromatic rings. The maximum atomic E-state index is 12.6. The second-order valence-corrected chi connectivity index (χ2v) is 7.65. The molecule has 0 saturated heterocycles. The van der Waals surface area contributed by atoms with Gasteiger partial charge in [-0.1, -0.05) is 42.5 Å². The maximum absolute atomic E-state index is 12.6. The molecule has 4 rings (SSSR count). The smallest absolute Gasteiger partial charge is 0.269 e. The van der Waals surface area contributed by atoms with Crippen LogP contribution in [0.3, 0.4) is 0 Å². The Morgan fingerprint density at radius 1 is 1.04 bits per heavy atom. The molecule has 3 aromatic carbocycles. The third kappa shape index (κ3) is 4.31. The van der Waals surface area contributed by atoms with Crippen molar-refractivity contribution in [1.82, 2.24) is 0 Å². The van der Waals surface area contributed by atoms with Crippen molar-refractivity contribution in [3.8, 4) is 11.5 Å². The maximum Gasteiger partial charge on any atom is 0.269 e. The number of amides is 1. The van der Waals surface area contributed by atoms with Gasteiger partial charge in [0.15, 0.2) is 11.5 Å². The van der Waals surface area contributed by atoms with Crippen LogP contribution < -0.4 is 14.8 Å². The highest BCUT2D eigenvalue weighted by atomic mass is 32.2. The predicted octanol–water partition coefficient (Wildman–Crippen LogP) is 5.07. The van der Waals surface area contributed by atoms with E-state index >= 15 is 0 Å². The van der Waals surface area contributed by atoms with E-state index < -0.39 is 6.10 Å². The molecule has 0 saturated carbocycles. The lowest BCUT2D eigenvalue weighted by Gasteiger charge is -2.25. The predicted molar refractivity (Wildman–Crippen MR) is 112 cm³/mol. The lowest BCUT2D eigenvalue weighted by molar-refractivity contribution is -0.125. The van der Waals surface area contributed by atoms with Gasteiger partial charge in [-0.15, -0.1) is 11.8 Å². The molecular formula is C23H21NO3S. The fourth-order valence-electron chi connectivity index (χ4n) is 3.00. The summed E-state index contributed by atoms with van der Waals surface area (Å²) in [6.45, 7) is 2.20. The van der Waals surface area contributed by atoms with Gasteiger partial charge in [-0.05, 0) is 48.4 Å². The molecule has 5 heteroatoms. The van der Waals surface area contributed by atoms with Gasteiger partial charge in [-0.25, -0.2) is 0 Å². The lowest BCUT2D eigenvalue weighted by Crippen LogP contribution is -2.40. The summed E-state index contributed by atoms with van der Waals surface area (Å²) in [5.41, 5.74) is 3.04. The Labute approximate surface area is 168 Å². The summed E-state index contributed by atoms with van der Waals surface area (Å²) >= 11 is 1.79. The van der Waals surface area contributed by atoms with Gasteiger partial charge in [0.05, 0.1) is 0 Å². The summed E-state index contributed by atoms with van der Waals surface area (Å²) < 4.78 is 11.4. The number of nitrogens with one attached hydrogen (secondary N) is 1. The first-order valence-corrected chi connectivity index (χ1v) is 10.1. The largest absolute Gasteiger partial charge is 0.485 e. The van der Waals surface area contributed by atoms with Crippen LogP contribution in [0.4, 0.5) is 5.69 Å². The van der Waals surface area contributed by atoms with Gasteiger partial charge in [0, 0.05) is 16.3 Å². The average Bonchev–Trinajstić information content (AvgIpc) is 2.74. The first-order valence-electron chi connectivity index (χ1n) is 9.16. The van der Waals surface area contributed by atoms with E-state index in [4.69, 9.17) is 9.47 Å². The fourth-order valence-corrected chi connectivity index (χ4v) is 3.86. The molecule has 1 atom stereocenters. The quantitative estimate of drug-likeness (QED) is 0.617. The zero-order valence-electron chi connectivity index (χ0n) is 15.6. The second-order valence-electron chi connectivity index (χ2n) is 6.60. The highest BCUT2D eigenvalue weighted by molar-refractivity contribution is 7.98. The van der Waals surface area contributed by atoms with E-state index in [0.717, 1.165) is 17.0 Å². The Morgan fingerprint density at radius 2 is 1.79 bits per heavy atom. The first-order chi connectivity index (χ1) is 13.7. The van der Waals surface area contributed by atoms with E-state index in [9.17, 15) is 4.79 Å². The van der Waals surface area contributed by atoms with Gasteiger partial charge >= 0.3 is 0 Å². The molecule has 0 aliphatic carbocycles. The first kappa shape index (κ1) is 18.4. The number of carbonyl (C=O) groups excluding carboxylic acids is 1. The van der Waals surface area contributed by atoms with Crippen molar-refractivity contribution in [3.05, 3.63) is 83.9 Å². The molecular weight excluding hydrogens is 370 g/mol. The molecule has 0 bridgehead atoms. The van der Waals surface area contributed by atoms with Crippen LogP contribution in [0.5, 0.6) is 11.5 Å².